The zero-order valence-electron chi connectivity index (χ0n) is 12.2. The molecule has 0 aliphatic carbocycles. The van der Waals surface area contributed by atoms with Crippen LogP contribution in [0.5, 0.6) is 0 Å². The Morgan fingerprint density at radius 3 is 2.35 bits per heavy atom. The van der Waals surface area contributed by atoms with Gasteiger partial charge in [-0.1, -0.05) is 54.6 Å². The zero-order chi connectivity index (χ0) is 15.4. The Hall–Kier alpha value is -3.20. The van der Waals surface area contributed by atoms with E-state index in [0.29, 0.717) is 5.52 Å². The van der Waals surface area contributed by atoms with Gasteiger partial charge in [-0.05, 0) is 17.7 Å². The summed E-state index contributed by atoms with van der Waals surface area (Å²) < 4.78 is 1.98. The van der Waals surface area contributed by atoms with E-state index in [1.165, 1.54) is 0 Å². The molecule has 5 rings (SSSR count). The van der Waals surface area contributed by atoms with Crippen LogP contribution in [0.1, 0.15) is 0 Å². The average Bonchev–Trinajstić information content (AvgIpc) is 3.05. The summed E-state index contributed by atoms with van der Waals surface area (Å²) in [7, 11) is 0. The molecule has 0 radical (unpaired) electrons. The van der Waals surface area contributed by atoms with Crippen molar-refractivity contribution >= 4 is 27.5 Å². The molecule has 0 fully saturated rings. The summed E-state index contributed by atoms with van der Waals surface area (Å²) in [6.45, 7) is 0. The highest BCUT2D eigenvalue weighted by Gasteiger charge is 2.16. The highest BCUT2D eigenvalue weighted by atomic mass is 16.1. The number of aromatic nitrogens is 2. The first-order chi connectivity index (χ1) is 11.3. The van der Waals surface area contributed by atoms with Gasteiger partial charge in [0.15, 0.2) is 0 Å². The number of rotatable bonds is 1. The van der Waals surface area contributed by atoms with E-state index < -0.39 is 0 Å². The minimum absolute atomic E-state index is 0.0514. The van der Waals surface area contributed by atoms with Crippen LogP contribution in [-0.2, 0) is 0 Å². The lowest BCUT2D eigenvalue weighted by Crippen LogP contribution is -2.09. The lowest BCUT2D eigenvalue weighted by Gasteiger charge is -2.10. The Morgan fingerprint density at radius 2 is 1.52 bits per heavy atom. The third-order valence-electron chi connectivity index (χ3n) is 4.41. The molecule has 5 aromatic rings. The van der Waals surface area contributed by atoms with Gasteiger partial charge in [-0.3, -0.25) is 9.20 Å². The molecule has 2 aromatic carbocycles. The number of nitrogens with zero attached hydrogens (tertiary/aromatic N) is 2. The molecule has 3 heteroatoms. The molecule has 0 aliphatic heterocycles. The van der Waals surface area contributed by atoms with Crippen LogP contribution in [0.4, 0.5) is 0 Å². The highest BCUT2D eigenvalue weighted by molar-refractivity contribution is 6.02. The monoisotopic (exact) mass is 296 g/mol. The number of fused-ring (bicyclic) bond motifs is 2. The van der Waals surface area contributed by atoms with E-state index >= 15 is 0 Å². The van der Waals surface area contributed by atoms with Crippen LogP contribution in [0.15, 0.2) is 77.7 Å². The van der Waals surface area contributed by atoms with Gasteiger partial charge < -0.3 is 0 Å². The molecule has 3 heterocycles. The molecule has 0 aliphatic rings. The predicted molar refractivity (Wildman–Crippen MR) is 93.1 cm³/mol. The minimum atomic E-state index is 0.0514. The molecule has 3 nitrogen and oxygen atoms in total. The van der Waals surface area contributed by atoms with Crippen LogP contribution in [0.3, 0.4) is 0 Å². The average molecular weight is 296 g/mol. The minimum Gasteiger partial charge on any atom is -0.288 e. The molecule has 0 saturated heterocycles. The number of benzene rings is 2. The van der Waals surface area contributed by atoms with Gasteiger partial charge in [-0.2, -0.15) is 0 Å². The molecule has 108 valence electrons. The topological polar surface area (TPSA) is 34.4 Å². The van der Waals surface area contributed by atoms with Gasteiger partial charge in [0.2, 0.25) is 5.43 Å². The van der Waals surface area contributed by atoms with Crippen LogP contribution in [0.2, 0.25) is 0 Å². The maximum absolute atomic E-state index is 13.1. The van der Waals surface area contributed by atoms with Crippen molar-refractivity contribution in [2.75, 3.05) is 0 Å². The van der Waals surface area contributed by atoms with Crippen molar-refractivity contribution in [1.29, 1.82) is 0 Å². The maximum atomic E-state index is 13.1. The zero-order valence-corrected chi connectivity index (χ0v) is 12.2. The summed E-state index contributed by atoms with van der Waals surface area (Å²) in [5.74, 6) is 0. The van der Waals surface area contributed by atoms with Gasteiger partial charge >= 0.3 is 0 Å². The van der Waals surface area contributed by atoms with Gasteiger partial charge in [0.1, 0.15) is 11.2 Å². The molecule has 0 amide bonds. The molecule has 0 spiro atoms. The van der Waals surface area contributed by atoms with Gasteiger partial charge in [-0.25, -0.2) is 4.98 Å². The van der Waals surface area contributed by atoms with E-state index in [2.05, 4.69) is 4.98 Å². The normalized spacial score (nSPS) is 11.7. The second-order valence-electron chi connectivity index (χ2n) is 5.67. The molecular weight excluding hydrogens is 284 g/mol. The second kappa shape index (κ2) is 4.40. The van der Waals surface area contributed by atoms with Gasteiger partial charge in [0.25, 0.3) is 0 Å². The van der Waals surface area contributed by atoms with E-state index in [-0.39, 0.29) is 5.43 Å². The fourth-order valence-corrected chi connectivity index (χ4v) is 3.37. The quantitative estimate of drug-likeness (QED) is 0.436. The van der Waals surface area contributed by atoms with E-state index in [9.17, 15) is 4.79 Å². The lowest BCUT2D eigenvalue weighted by atomic mass is 10.0. The third-order valence-corrected chi connectivity index (χ3v) is 4.41. The van der Waals surface area contributed by atoms with Crippen LogP contribution in [-0.4, -0.2) is 9.38 Å². The Bertz CT molecular complexity index is 1220. The molecule has 0 bridgehead atoms. The summed E-state index contributed by atoms with van der Waals surface area (Å²) in [5.41, 5.74) is 4.50. The summed E-state index contributed by atoms with van der Waals surface area (Å²) in [4.78, 5) is 17.6. The van der Waals surface area contributed by atoms with Crippen LogP contribution < -0.4 is 5.43 Å². The first kappa shape index (κ1) is 12.4. The van der Waals surface area contributed by atoms with Crippen molar-refractivity contribution in [2.45, 2.75) is 0 Å². The van der Waals surface area contributed by atoms with Crippen molar-refractivity contribution in [3.8, 4) is 11.1 Å². The van der Waals surface area contributed by atoms with Gasteiger partial charge in [0.05, 0.1) is 11.7 Å². The summed E-state index contributed by atoms with van der Waals surface area (Å²) >= 11 is 0. The Labute approximate surface area is 131 Å². The molecule has 0 saturated carbocycles. The predicted octanol–water partition coefficient (Wildman–Crippen LogP) is 4.11. The third kappa shape index (κ3) is 1.59. The number of pyridine rings is 2. The van der Waals surface area contributed by atoms with Crippen molar-refractivity contribution < 1.29 is 0 Å². The molecule has 0 unspecified atom stereocenters. The van der Waals surface area contributed by atoms with Crippen LogP contribution in [0, 0.1) is 0 Å². The molecule has 0 atom stereocenters. The van der Waals surface area contributed by atoms with E-state index in [1.807, 2.05) is 77.3 Å². The van der Waals surface area contributed by atoms with Crippen molar-refractivity contribution in [2.24, 2.45) is 0 Å². The summed E-state index contributed by atoms with van der Waals surface area (Å²) in [6.07, 6.45) is 1.85. The van der Waals surface area contributed by atoms with Crippen molar-refractivity contribution in [3.63, 3.8) is 0 Å². The standard InChI is InChI=1S/C20H12N2O/c23-20-16-9-5-4-8-15(16)17-12-21-18-11-10-14(19(20)22(17)18)13-6-2-1-3-7-13/h1-12H. The van der Waals surface area contributed by atoms with E-state index in [0.717, 1.165) is 33.1 Å². The fourth-order valence-electron chi connectivity index (χ4n) is 3.37. The molecule has 3 aromatic heterocycles. The van der Waals surface area contributed by atoms with E-state index in [4.69, 9.17) is 0 Å². The fraction of sp³-hybridized carbons (Fsp3) is 0. The molecular formula is C20H12N2O. The SMILES string of the molecule is O=c1c2ccccc2c2cnc3ccc(-c4ccccc4)c1n32. The van der Waals surface area contributed by atoms with Crippen molar-refractivity contribution in [1.82, 2.24) is 9.38 Å². The number of imidazole rings is 1. The Balaban J connectivity index is 2.10. The van der Waals surface area contributed by atoms with Gasteiger partial charge in [-0.15, -0.1) is 0 Å². The second-order valence-corrected chi connectivity index (χ2v) is 5.67. The van der Waals surface area contributed by atoms with E-state index in [1.54, 1.807) is 0 Å². The highest BCUT2D eigenvalue weighted by Crippen LogP contribution is 2.29. The first-order valence-corrected chi connectivity index (χ1v) is 7.54. The molecule has 0 N–H and O–H groups in total. The van der Waals surface area contributed by atoms with Crippen LogP contribution >= 0.6 is 0 Å². The summed E-state index contributed by atoms with van der Waals surface area (Å²) in [6, 6.07) is 21.7. The first-order valence-electron chi connectivity index (χ1n) is 7.54. The van der Waals surface area contributed by atoms with Gasteiger partial charge in [0, 0.05) is 16.3 Å². The maximum Gasteiger partial charge on any atom is 0.211 e. The van der Waals surface area contributed by atoms with Crippen LogP contribution in [0.25, 0.3) is 38.6 Å². The smallest absolute Gasteiger partial charge is 0.211 e. The summed E-state index contributed by atoms with van der Waals surface area (Å²) in [5, 5.41) is 1.69. The van der Waals surface area contributed by atoms with Crippen molar-refractivity contribution in [3.05, 3.63) is 83.2 Å². The number of hydrogen-bond acceptors (Lipinski definition) is 2. The Morgan fingerprint density at radius 1 is 0.783 bits per heavy atom. The largest absolute Gasteiger partial charge is 0.288 e. The Kier molecular flexibility index (Phi) is 2.36. The number of hydrogen-bond donors (Lipinski definition) is 0. The molecule has 23 heavy (non-hydrogen) atoms. The lowest BCUT2D eigenvalue weighted by molar-refractivity contribution is 1.28.